The number of aromatic nitrogens is 2. The number of ether oxygens (including phenoxy) is 1. The predicted octanol–water partition coefficient (Wildman–Crippen LogP) is 3.49. The SMILES string of the molecule is O=C(Cc1cnccn1)N1CCN(C(=O)c2cc(OCCC3CCCCC3)ccc2F)CC1. The first kappa shape index (κ1) is 23.1. The van der Waals surface area contributed by atoms with Crippen molar-refractivity contribution in [3.63, 3.8) is 0 Å². The maximum absolute atomic E-state index is 14.5. The molecule has 0 bridgehead atoms. The maximum Gasteiger partial charge on any atom is 0.257 e. The number of nitrogens with zero attached hydrogens (tertiary/aromatic N) is 4. The average molecular weight is 455 g/mol. The fourth-order valence-electron chi connectivity index (χ4n) is 4.59. The zero-order valence-electron chi connectivity index (χ0n) is 18.9. The Bertz CT molecular complexity index is 942. The number of carbonyl (C=O) groups excluding carboxylic acids is 2. The van der Waals surface area contributed by atoms with E-state index in [1.54, 1.807) is 34.5 Å². The highest BCUT2D eigenvalue weighted by atomic mass is 19.1. The van der Waals surface area contributed by atoms with Gasteiger partial charge in [-0.3, -0.25) is 19.6 Å². The van der Waals surface area contributed by atoms with Crippen LogP contribution >= 0.6 is 0 Å². The van der Waals surface area contributed by atoms with Gasteiger partial charge in [0.2, 0.25) is 5.91 Å². The number of piperazine rings is 1. The number of amides is 2. The van der Waals surface area contributed by atoms with Gasteiger partial charge in [0.05, 0.1) is 24.3 Å². The van der Waals surface area contributed by atoms with Gasteiger partial charge in [-0.05, 0) is 30.5 Å². The minimum Gasteiger partial charge on any atom is -0.494 e. The Kier molecular flexibility index (Phi) is 7.86. The molecule has 176 valence electrons. The summed E-state index contributed by atoms with van der Waals surface area (Å²) in [4.78, 5) is 36.9. The van der Waals surface area contributed by atoms with Crippen LogP contribution < -0.4 is 4.74 Å². The molecule has 2 heterocycles. The molecule has 1 aliphatic carbocycles. The molecule has 1 saturated carbocycles. The van der Waals surface area contributed by atoms with Crippen molar-refractivity contribution >= 4 is 11.8 Å². The highest BCUT2D eigenvalue weighted by Gasteiger charge is 2.27. The van der Waals surface area contributed by atoms with E-state index in [0.717, 1.165) is 6.42 Å². The predicted molar refractivity (Wildman–Crippen MR) is 121 cm³/mol. The molecule has 8 heteroatoms. The van der Waals surface area contributed by atoms with Gasteiger partial charge in [0.25, 0.3) is 5.91 Å². The van der Waals surface area contributed by atoms with Crippen LogP contribution in [0.3, 0.4) is 0 Å². The normalized spacial score (nSPS) is 17.1. The van der Waals surface area contributed by atoms with Gasteiger partial charge in [0, 0.05) is 44.8 Å². The lowest BCUT2D eigenvalue weighted by molar-refractivity contribution is -0.132. The van der Waals surface area contributed by atoms with E-state index in [1.165, 1.54) is 44.2 Å². The summed E-state index contributed by atoms with van der Waals surface area (Å²) < 4.78 is 20.3. The average Bonchev–Trinajstić information content (AvgIpc) is 2.86. The minimum absolute atomic E-state index is 0.0181. The van der Waals surface area contributed by atoms with Crippen LogP contribution in [0.15, 0.2) is 36.8 Å². The molecule has 7 nitrogen and oxygen atoms in total. The van der Waals surface area contributed by atoms with E-state index in [1.807, 2.05) is 0 Å². The van der Waals surface area contributed by atoms with Crippen LogP contribution in [-0.2, 0) is 11.2 Å². The molecule has 2 aromatic rings. The van der Waals surface area contributed by atoms with Crippen LogP contribution in [-0.4, -0.2) is 64.4 Å². The monoisotopic (exact) mass is 454 g/mol. The second-order valence-corrected chi connectivity index (χ2v) is 8.83. The lowest BCUT2D eigenvalue weighted by Crippen LogP contribution is -2.51. The van der Waals surface area contributed by atoms with Gasteiger partial charge in [-0.2, -0.15) is 0 Å². The molecule has 0 N–H and O–H groups in total. The number of hydrogen-bond acceptors (Lipinski definition) is 5. The van der Waals surface area contributed by atoms with Crippen molar-refractivity contribution in [1.82, 2.24) is 19.8 Å². The molecule has 2 aliphatic rings. The van der Waals surface area contributed by atoms with Crippen molar-refractivity contribution in [3.8, 4) is 5.75 Å². The summed E-state index contributed by atoms with van der Waals surface area (Å²) in [5.41, 5.74) is 0.632. The second-order valence-electron chi connectivity index (χ2n) is 8.83. The topological polar surface area (TPSA) is 75.6 Å². The van der Waals surface area contributed by atoms with Gasteiger partial charge in [-0.15, -0.1) is 0 Å². The largest absolute Gasteiger partial charge is 0.494 e. The number of hydrogen-bond donors (Lipinski definition) is 0. The van der Waals surface area contributed by atoms with Gasteiger partial charge in [0.1, 0.15) is 11.6 Å². The van der Waals surface area contributed by atoms with E-state index in [-0.39, 0.29) is 23.8 Å². The zero-order valence-corrected chi connectivity index (χ0v) is 18.9. The maximum atomic E-state index is 14.5. The third kappa shape index (κ3) is 6.27. The summed E-state index contributed by atoms with van der Waals surface area (Å²) in [7, 11) is 0. The third-order valence-electron chi connectivity index (χ3n) is 6.56. The van der Waals surface area contributed by atoms with E-state index in [0.29, 0.717) is 50.1 Å². The molecule has 0 radical (unpaired) electrons. The molecule has 4 rings (SSSR count). The molecule has 0 spiro atoms. The van der Waals surface area contributed by atoms with Gasteiger partial charge in [-0.1, -0.05) is 32.1 Å². The molecular weight excluding hydrogens is 423 g/mol. The summed E-state index contributed by atoms with van der Waals surface area (Å²) in [5, 5.41) is 0. The van der Waals surface area contributed by atoms with Gasteiger partial charge in [0.15, 0.2) is 0 Å². The minimum atomic E-state index is -0.555. The van der Waals surface area contributed by atoms with Gasteiger partial charge in [-0.25, -0.2) is 4.39 Å². The Morgan fingerprint density at radius 2 is 1.79 bits per heavy atom. The van der Waals surface area contributed by atoms with Crippen LogP contribution in [0.4, 0.5) is 4.39 Å². The summed E-state index contributed by atoms with van der Waals surface area (Å²) in [5.74, 6) is 0.246. The molecule has 2 fully saturated rings. The quantitative estimate of drug-likeness (QED) is 0.640. The van der Waals surface area contributed by atoms with Crippen molar-refractivity contribution in [2.24, 2.45) is 5.92 Å². The smallest absolute Gasteiger partial charge is 0.257 e. The molecule has 0 unspecified atom stereocenters. The van der Waals surface area contributed by atoms with Crippen LogP contribution in [0.5, 0.6) is 5.75 Å². The fraction of sp³-hybridized carbons (Fsp3) is 0.520. The summed E-state index contributed by atoms with van der Waals surface area (Å²) >= 11 is 0. The van der Waals surface area contributed by atoms with E-state index < -0.39 is 5.82 Å². The molecule has 33 heavy (non-hydrogen) atoms. The molecule has 1 aromatic carbocycles. The van der Waals surface area contributed by atoms with Gasteiger partial charge < -0.3 is 14.5 Å². The van der Waals surface area contributed by atoms with E-state index >= 15 is 0 Å². The van der Waals surface area contributed by atoms with E-state index in [4.69, 9.17) is 4.74 Å². The number of benzene rings is 1. The van der Waals surface area contributed by atoms with Gasteiger partial charge >= 0.3 is 0 Å². The Balaban J connectivity index is 1.28. The Labute approximate surface area is 194 Å². The van der Waals surface area contributed by atoms with E-state index in [9.17, 15) is 14.0 Å². The van der Waals surface area contributed by atoms with Crippen LogP contribution in [0.1, 0.15) is 54.6 Å². The summed E-state index contributed by atoms with van der Waals surface area (Å²) in [6.45, 7) is 2.11. The van der Waals surface area contributed by atoms with Crippen molar-refractivity contribution in [3.05, 3.63) is 53.9 Å². The molecule has 1 aromatic heterocycles. The number of halogens is 1. The lowest BCUT2D eigenvalue weighted by atomic mass is 9.87. The van der Waals surface area contributed by atoms with Crippen LogP contribution in [0, 0.1) is 11.7 Å². The first-order valence-electron chi connectivity index (χ1n) is 11.8. The highest BCUT2D eigenvalue weighted by Crippen LogP contribution is 2.27. The van der Waals surface area contributed by atoms with Crippen LogP contribution in [0.2, 0.25) is 0 Å². The molecule has 1 saturated heterocycles. The standard InChI is InChI=1S/C25H31FN4O3/c26-23-7-6-21(33-15-8-19-4-2-1-3-5-19)17-22(23)25(32)30-13-11-29(12-14-30)24(31)16-20-18-27-9-10-28-20/h6-7,9-10,17-19H,1-5,8,11-16H2. The Morgan fingerprint density at radius 3 is 2.52 bits per heavy atom. The van der Waals surface area contributed by atoms with Crippen molar-refractivity contribution in [1.29, 1.82) is 0 Å². The van der Waals surface area contributed by atoms with Crippen molar-refractivity contribution < 1.29 is 18.7 Å². The van der Waals surface area contributed by atoms with Crippen LogP contribution in [0.25, 0.3) is 0 Å². The number of rotatable bonds is 7. The second kappa shape index (κ2) is 11.2. The third-order valence-corrected chi connectivity index (χ3v) is 6.56. The molecule has 2 amide bonds. The van der Waals surface area contributed by atoms with E-state index in [2.05, 4.69) is 9.97 Å². The Morgan fingerprint density at radius 1 is 1.03 bits per heavy atom. The first-order chi connectivity index (χ1) is 16.1. The summed E-state index contributed by atoms with van der Waals surface area (Å²) in [6.07, 6.45) is 12.3. The Hall–Kier alpha value is -3.03. The first-order valence-corrected chi connectivity index (χ1v) is 11.8. The molecule has 0 atom stereocenters. The molecule has 1 aliphatic heterocycles. The van der Waals surface area contributed by atoms with Crippen molar-refractivity contribution in [2.75, 3.05) is 32.8 Å². The number of carbonyl (C=O) groups is 2. The highest BCUT2D eigenvalue weighted by molar-refractivity contribution is 5.95. The molecular formula is C25H31FN4O3. The van der Waals surface area contributed by atoms with Crippen molar-refractivity contribution in [2.45, 2.75) is 44.9 Å². The fourth-order valence-corrected chi connectivity index (χ4v) is 4.59. The summed E-state index contributed by atoms with van der Waals surface area (Å²) in [6, 6.07) is 4.38. The lowest BCUT2D eigenvalue weighted by Gasteiger charge is -2.35. The zero-order chi connectivity index (χ0) is 23.0.